The molecule has 3 rings (SSSR count). The summed E-state index contributed by atoms with van der Waals surface area (Å²) in [5.74, 6) is 0.664. The Morgan fingerprint density at radius 2 is 2.24 bits per heavy atom. The van der Waals surface area contributed by atoms with Gasteiger partial charge in [-0.15, -0.1) is 11.3 Å². The molecule has 108 valence electrons. The van der Waals surface area contributed by atoms with E-state index in [1.54, 1.807) is 18.6 Å². The van der Waals surface area contributed by atoms with Crippen LogP contribution in [0.4, 0.5) is 5.13 Å². The predicted molar refractivity (Wildman–Crippen MR) is 86.0 cm³/mol. The number of benzene rings is 1. The highest BCUT2D eigenvalue weighted by molar-refractivity contribution is 7.13. The van der Waals surface area contributed by atoms with E-state index in [-0.39, 0.29) is 5.43 Å². The molecule has 0 aliphatic carbocycles. The standard InChI is InChI=1S/C15H15N3O2S/c1-3-18-7-11(12-8-21-15(16)17-12)14(19)10-6-9(20-2)4-5-13(10)18/h4-8H,3H2,1-2H3,(H2,16,17). The molecule has 0 saturated heterocycles. The summed E-state index contributed by atoms with van der Waals surface area (Å²) < 4.78 is 7.25. The number of hydrogen-bond donors (Lipinski definition) is 1. The van der Waals surface area contributed by atoms with Gasteiger partial charge in [0.2, 0.25) is 0 Å². The number of aryl methyl sites for hydroxylation is 1. The minimum absolute atomic E-state index is 0.0566. The van der Waals surface area contributed by atoms with Crippen molar-refractivity contribution in [2.45, 2.75) is 13.5 Å². The van der Waals surface area contributed by atoms with Crippen molar-refractivity contribution in [1.82, 2.24) is 9.55 Å². The van der Waals surface area contributed by atoms with Crippen LogP contribution in [-0.2, 0) is 6.54 Å². The summed E-state index contributed by atoms with van der Waals surface area (Å²) in [5, 5.41) is 2.89. The zero-order chi connectivity index (χ0) is 15.0. The Hall–Kier alpha value is -2.34. The minimum atomic E-state index is -0.0566. The largest absolute Gasteiger partial charge is 0.497 e. The Balaban J connectivity index is 2.36. The van der Waals surface area contributed by atoms with Gasteiger partial charge >= 0.3 is 0 Å². The highest BCUT2D eigenvalue weighted by Gasteiger charge is 2.13. The number of fused-ring (bicyclic) bond motifs is 1. The van der Waals surface area contributed by atoms with Gasteiger partial charge in [-0.1, -0.05) is 0 Å². The normalized spacial score (nSPS) is 11.0. The topological polar surface area (TPSA) is 70.1 Å². The van der Waals surface area contributed by atoms with E-state index in [1.165, 1.54) is 11.3 Å². The Kier molecular flexibility index (Phi) is 3.39. The molecule has 0 spiro atoms. The molecule has 0 atom stereocenters. The van der Waals surface area contributed by atoms with E-state index in [1.807, 2.05) is 29.8 Å². The molecule has 0 bridgehead atoms. The molecule has 6 heteroatoms. The molecule has 1 aromatic carbocycles. The highest BCUT2D eigenvalue weighted by atomic mass is 32.1. The van der Waals surface area contributed by atoms with Crippen LogP contribution in [0.5, 0.6) is 5.75 Å². The van der Waals surface area contributed by atoms with Crippen molar-refractivity contribution in [3.8, 4) is 17.0 Å². The van der Waals surface area contributed by atoms with Crippen molar-refractivity contribution in [2.24, 2.45) is 0 Å². The van der Waals surface area contributed by atoms with Crippen LogP contribution in [0.2, 0.25) is 0 Å². The lowest BCUT2D eigenvalue weighted by molar-refractivity contribution is 0.415. The fourth-order valence-electron chi connectivity index (χ4n) is 2.36. The van der Waals surface area contributed by atoms with Crippen LogP contribution in [0.1, 0.15) is 6.92 Å². The van der Waals surface area contributed by atoms with E-state index in [9.17, 15) is 4.79 Å². The zero-order valence-electron chi connectivity index (χ0n) is 11.8. The van der Waals surface area contributed by atoms with Crippen LogP contribution in [0, 0.1) is 0 Å². The first kappa shape index (κ1) is 13.6. The van der Waals surface area contributed by atoms with E-state index in [0.717, 1.165) is 12.1 Å². The van der Waals surface area contributed by atoms with Gasteiger partial charge in [-0.2, -0.15) is 0 Å². The third kappa shape index (κ3) is 2.27. The van der Waals surface area contributed by atoms with Crippen LogP contribution in [0.15, 0.2) is 34.6 Å². The maximum atomic E-state index is 12.7. The van der Waals surface area contributed by atoms with E-state index >= 15 is 0 Å². The van der Waals surface area contributed by atoms with Gasteiger partial charge in [-0.25, -0.2) is 4.98 Å². The van der Waals surface area contributed by atoms with Crippen LogP contribution in [-0.4, -0.2) is 16.7 Å². The van der Waals surface area contributed by atoms with Crippen molar-refractivity contribution in [1.29, 1.82) is 0 Å². The Morgan fingerprint density at radius 3 is 2.86 bits per heavy atom. The number of rotatable bonds is 3. The highest BCUT2D eigenvalue weighted by Crippen LogP contribution is 2.25. The molecular weight excluding hydrogens is 286 g/mol. The lowest BCUT2D eigenvalue weighted by atomic mass is 10.1. The average molecular weight is 301 g/mol. The van der Waals surface area contributed by atoms with Crippen LogP contribution in [0.25, 0.3) is 22.2 Å². The first-order valence-corrected chi connectivity index (χ1v) is 7.44. The molecule has 0 radical (unpaired) electrons. The number of pyridine rings is 1. The number of nitrogen functional groups attached to an aromatic ring is 1. The molecule has 0 aliphatic rings. The van der Waals surface area contributed by atoms with Gasteiger partial charge in [-0.3, -0.25) is 4.79 Å². The first-order valence-electron chi connectivity index (χ1n) is 6.56. The number of thiazole rings is 1. The van der Waals surface area contributed by atoms with Gasteiger partial charge in [0.05, 0.1) is 29.3 Å². The van der Waals surface area contributed by atoms with Gasteiger partial charge in [0, 0.05) is 18.1 Å². The lowest BCUT2D eigenvalue weighted by Crippen LogP contribution is -2.12. The smallest absolute Gasteiger partial charge is 0.198 e. The summed E-state index contributed by atoms with van der Waals surface area (Å²) in [6, 6.07) is 5.52. The Morgan fingerprint density at radius 1 is 1.43 bits per heavy atom. The summed E-state index contributed by atoms with van der Waals surface area (Å²) >= 11 is 1.33. The molecule has 2 N–H and O–H groups in total. The molecule has 21 heavy (non-hydrogen) atoms. The molecule has 0 amide bonds. The van der Waals surface area contributed by atoms with Crippen molar-refractivity contribution < 1.29 is 4.74 Å². The lowest BCUT2D eigenvalue weighted by Gasteiger charge is -2.11. The third-order valence-corrected chi connectivity index (χ3v) is 4.10. The molecule has 0 unspecified atom stereocenters. The molecule has 0 saturated carbocycles. The number of aromatic nitrogens is 2. The van der Waals surface area contributed by atoms with E-state index in [0.29, 0.717) is 27.5 Å². The molecule has 0 aliphatic heterocycles. The molecule has 2 heterocycles. The minimum Gasteiger partial charge on any atom is -0.497 e. The van der Waals surface area contributed by atoms with Gasteiger partial charge in [0.15, 0.2) is 10.6 Å². The summed E-state index contributed by atoms with van der Waals surface area (Å²) in [4.78, 5) is 16.9. The second-order valence-corrected chi connectivity index (χ2v) is 5.50. The quantitative estimate of drug-likeness (QED) is 0.807. The number of nitrogens with zero attached hydrogens (tertiary/aromatic N) is 2. The Labute approximate surface area is 125 Å². The third-order valence-electron chi connectivity index (χ3n) is 3.43. The second-order valence-electron chi connectivity index (χ2n) is 4.61. The molecule has 3 aromatic rings. The van der Waals surface area contributed by atoms with E-state index < -0.39 is 0 Å². The monoisotopic (exact) mass is 301 g/mol. The van der Waals surface area contributed by atoms with Crippen LogP contribution < -0.4 is 15.9 Å². The number of nitrogens with two attached hydrogens (primary N) is 1. The fraction of sp³-hybridized carbons (Fsp3) is 0.200. The van der Waals surface area contributed by atoms with Gasteiger partial charge in [0.25, 0.3) is 0 Å². The van der Waals surface area contributed by atoms with Crippen LogP contribution >= 0.6 is 11.3 Å². The van der Waals surface area contributed by atoms with Crippen LogP contribution in [0.3, 0.4) is 0 Å². The molecular formula is C15H15N3O2S. The van der Waals surface area contributed by atoms with E-state index in [2.05, 4.69) is 4.98 Å². The van der Waals surface area contributed by atoms with Gasteiger partial charge in [0.1, 0.15) is 5.75 Å². The second kappa shape index (κ2) is 5.21. The summed E-state index contributed by atoms with van der Waals surface area (Å²) in [6.45, 7) is 2.79. The number of hydrogen-bond acceptors (Lipinski definition) is 5. The Bertz CT molecular complexity index is 867. The zero-order valence-corrected chi connectivity index (χ0v) is 12.6. The summed E-state index contributed by atoms with van der Waals surface area (Å²) in [7, 11) is 1.59. The van der Waals surface area contributed by atoms with Crippen molar-refractivity contribution >= 4 is 27.4 Å². The number of ether oxygens (including phenoxy) is 1. The summed E-state index contributed by atoms with van der Waals surface area (Å²) in [5.41, 5.74) is 7.68. The number of methoxy groups -OCH3 is 1. The molecule has 2 aromatic heterocycles. The van der Waals surface area contributed by atoms with Gasteiger partial charge < -0.3 is 15.0 Å². The molecule has 5 nitrogen and oxygen atoms in total. The SMILES string of the molecule is CCn1cc(-c2csc(N)n2)c(=O)c2cc(OC)ccc21. The maximum absolute atomic E-state index is 12.7. The summed E-state index contributed by atoms with van der Waals surface area (Å²) in [6.07, 6.45) is 1.84. The van der Waals surface area contributed by atoms with Crippen molar-refractivity contribution in [3.63, 3.8) is 0 Å². The first-order chi connectivity index (χ1) is 10.1. The molecule has 0 fully saturated rings. The van der Waals surface area contributed by atoms with E-state index in [4.69, 9.17) is 10.5 Å². The van der Waals surface area contributed by atoms with Gasteiger partial charge in [-0.05, 0) is 25.1 Å². The van der Waals surface area contributed by atoms with Crippen molar-refractivity contribution in [3.05, 3.63) is 40.0 Å². The number of anilines is 1. The fourth-order valence-corrected chi connectivity index (χ4v) is 2.92. The predicted octanol–water partition coefficient (Wildman–Crippen LogP) is 2.74. The average Bonchev–Trinajstić information content (AvgIpc) is 2.94. The maximum Gasteiger partial charge on any atom is 0.198 e. The van der Waals surface area contributed by atoms with Crippen molar-refractivity contribution in [2.75, 3.05) is 12.8 Å².